The number of rotatable bonds is 5. The predicted molar refractivity (Wildman–Crippen MR) is 82.8 cm³/mol. The van der Waals surface area contributed by atoms with Crippen LogP contribution in [0.2, 0.25) is 0 Å². The van der Waals surface area contributed by atoms with Gasteiger partial charge in [0.15, 0.2) is 0 Å². The number of carbonyl (C=O) groups excluding carboxylic acids is 1. The highest BCUT2D eigenvalue weighted by atomic mass is 16.2. The van der Waals surface area contributed by atoms with Gasteiger partial charge < -0.3 is 15.2 Å². The van der Waals surface area contributed by atoms with Crippen LogP contribution in [0, 0.1) is 0 Å². The summed E-state index contributed by atoms with van der Waals surface area (Å²) in [7, 11) is 0. The van der Waals surface area contributed by atoms with Crippen LogP contribution in [0.25, 0.3) is 0 Å². The van der Waals surface area contributed by atoms with Crippen LogP contribution in [0.15, 0.2) is 41.5 Å². The molecular weight excluding hydrogens is 268 g/mol. The standard InChI is InChI=1S/C15H18N4O2/c1-3-19(4-2)12-7-5-11(6-8-12)18-15(21)13-9-17-14(20)10-16-13/h5-10H,3-4H2,1-2H3,(H,17,20)(H,18,21). The summed E-state index contributed by atoms with van der Waals surface area (Å²) in [5, 5.41) is 2.74. The number of hydrogen-bond donors (Lipinski definition) is 2. The van der Waals surface area contributed by atoms with Crippen LogP contribution in [-0.2, 0) is 0 Å². The van der Waals surface area contributed by atoms with Gasteiger partial charge in [-0.1, -0.05) is 0 Å². The van der Waals surface area contributed by atoms with E-state index in [-0.39, 0.29) is 17.2 Å². The van der Waals surface area contributed by atoms with E-state index in [9.17, 15) is 9.59 Å². The van der Waals surface area contributed by atoms with E-state index in [4.69, 9.17) is 0 Å². The Morgan fingerprint density at radius 2 is 1.90 bits per heavy atom. The first-order chi connectivity index (χ1) is 10.1. The lowest BCUT2D eigenvalue weighted by Crippen LogP contribution is -2.21. The maximum atomic E-state index is 12.0. The number of aromatic amines is 1. The molecule has 21 heavy (non-hydrogen) atoms. The molecule has 2 rings (SSSR count). The highest BCUT2D eigenvalue weighted by molar-refractivity contribution is 6.02. The van der Waals surface area contributed by atoms with Gasteiger partial charge in [-0.2, -0.15) is 0 Å². The average Bonchev–Trinajstić information content (AvgIpc) is 2.51. The molecule has 0 aliphatic heterocycles. The van der Waals surface area contributed by atoms with E-state index < -0.39 is 0 Å². The van der Waals surface area contributed by atoms with Crippen molar-refractivity contribution in [3.8, 4) is 0 Å². The molecule has 0 saturated carbocycles. The SMILES string of the molecule is CCN(CC)c1ccc(NC(=O)c2c[nH]c(=O)cn2)cc1. The molecule has 1 aromatic heterocycles. The van der Waals surface area contributed by atoms with Crippen LogP contribution in [-0.4, -0.2) is 29.0 Å². The zero-order valence-electron chi connectivity index (χ0n) is 12.1. The second-order valence-electron chi connectivity index (χ2n) is 4.47. The van der Waals surface area contributed by atoms with Gasteiger partial charge in [0.25, 0.3) is 11.5 Å². The molecule has 6 nitrogen and oxygen atoms in total. The Labute approximate surface area is 122 Å². The molecule has 0 aliphatic carbocycles. The molecule has 1 heterocycles. The van der Waals surface area contributed by atoms with Gasteiger partial charge >= 0.3 is 0 Å². The summed E-state index contributed by atoms with van der Waals surface area (Å²) in [4.78, 5) is 31.3. The molecule has 2 N–H and O–H groups in total. The van der Waals surface area contributed by atoms with Gasteiger partial charge in [0.05, 0.1) is 6.20 Å². The number of carbonyl (C=O) groups is 1. The van der Waals surface area contributed by atoms with E-state index in [2.05, 4.69) is 34.0 Å². The molecule has 0 radical (unpaired) electrons. The van der Waals surface area contributed by atoms with E-state index in [1.54, 1.807) is 0 Å². The lowest BCUT2D eigenvalue weighted by Gasteiger charge is -2.21. The van der Waals surface area contributed by atoms with Crippen LogP contribution in [0.4, 0.5) is 11.4 Å². The summed E-state index contributed by atoms with van der Waals surface area (Å²) < 4.78 is 0. The molecule has 0 unspecified atom stereocenters. The van der Waals surface area contributed by atoms with Gasteiger partial charge in [0.1, 0.15) is 5.69 Å². The van der Waals surface area contributed by atoms with Crippen LogP contribution >= 0.6 is 0 Å². The topological polar surface area (TPSA) is 78.1 Å². The fourth-order valence-corrected chi connectivity index (χ4v) is 2.01. The first kappa shape index (κ1) is 14.8. The normalized spacial score (nSPS) is 10.2. The maximum Gasteiger partial charge on any atom is 0.275 e. The molecule has 0 atom stereocenters. The van der Waals surface area contributed by atoms with Gasteiger partial charge in [-0.3, -0.25) is 9.59 Å². The number of benzene rings is 1. The van der Waals surface area contributed by atoms with Crippen molar-refractivity contribution >= 4 is 17.3 Å². The first-order valence-electron chi connectivity index (χ1n) is 6.85. The molecule has 0 saturated heterocycles. The third kappa shape index (κ3) is 3.68. The van der Waals surface area contributed by atoms with Gasteiger partial charge in [-0.25, -0.2) is 4.98 Å². The van der Waals surface area contributed by atoms with Gasteiger partial charge in [-0.15, -0.1) is 0 Å². The molecule has 1 aromatic carbocycles. The van der Waals surface area contributed by atoms with Crippen molar-refractivity contribution in [1.82, 2.24) is 9.97 Å². The lowest BCUT2D eigenvalue weighted by molar-refractivity contribution is 0.102. The number of amides is 1. The van der Waals surface area contributed by atoms with Crippen molar-refractivity contribution in [2.24, 2.45) is 0 Å². The fraction of sp³-hybridized carbons (Fsp3) is 0.267. The van der Waals surface area contributed by atoms with Crippen molar-refractivity contribution in [1.29, 1.82) is 0 Å². The van der Waals surface area contributed by atoms with Crippen molar-refractivity contribution in [2.45, 2.75) is 13.8 Å². The Morgan fingerprint density at radius 1 is 1.24 bits per heavy atom. The second kappa shape index (κ2) is 6.69. The van der Waals surface area contributed by atoms with E-state index in [0.29, 0.717) is 5.69 Å². The number of nitrogens with one attached hydrogen (secondary N) is 2. The predicted octanol–water partition coefficient (Wildman–Crippen LogP) is 1.87. The quantitative estimate of drug-likeness (QED) is 0.879. The Morgan fingerprint density at radius 3 is 2.43 bits per heavy atom. The van der Waals surface area contributed by atoms with E-state index in [1.165, 1.54) is 6.20 Å². The molecule has 1 amide bonds. The summed E-state index contributed by atoms with van der Waals surface area (Å²) in [6.45, 7) is 6.06. The summed E-state index contributed by atoms with van der Waals surface area (Å²) in [6, 6.07) is 7.61. The van der Waals surface area contributed by atoms with E-state index >= 15 is 0 Å². The molecule has 0 aliphatic rings. The molecule has 110 valence electrons. The maximum absolute atomic E-state index is 12.0. The summed E-state index contributed by atoms with van der Waals surface area (Å²) in [5.74, 6) is -0.359. The molecule has 6 heteroatoms. The van der Waals surface area contributed by atoms with Crippen molar-refractivity contribution < 1.29 is 4.79 Å². The van der Waals surface area contributed by atoms with Crippen molar-refractivity contribution in [3.63, 3.8) is 0 Å². The zero-order valence-corrected chi connectivity index (χ0v) is 12.1. The minimum absolute atomic E-state index is 0.169. The third-order valence-electron chi connectivity index (χ3n) is 3.16. The Hall–Kier alpha value is -2.63. The molecule has 0 fully saturated rings. The summed E-state index contributed by atoms with van der Waals surface area (Å²) >= 11 is 0. The second-order valence-corrected chi connectivity index (χ2v) is 4.47. The molecule has 2 aromatic rings. The number of nitrogens with zero attached hydrogens (tertiary/aromatic N) is 2. The largest absolute Gasteiger partial charge is 0.372 e. The summed E-state index contributed by atoms with van der Waals surface area (Å²) in [5.41, 5.74) is 1.63. The molecular formula is C15H18N4O2. The highest BCUT2D eigenvalue weighted by Crippen LogP contribution is 2.17. The molecule has 0 spiro atoms. The third-order valence-corrected chi connectivity index (χ3v) is 3.16. The number of anilines is 2. The first-order valence-corrected chi connectivity index (χ1v) is 6.85. The van der Waals surface area contributed by atoms with Gasteiger partial charge in [-0.05, 0) is 38.1 Å². The minimum atomic E-state index is -0.359. The van der Waals surface area contributed by atoms with Crippen molar-refractivity contribution in [2.75, 3.05) is 23.3 Å². The summed E-state index contributed by atoms with van der Waals surface area (Å²) in [6.07, 6.45) is 2.38. The van der Waals surface area contributed by atoms with Gasteiger partial charge in [0, 0.05) is 30.7 Å². The van der Waals surface area contributed by atoms with Crippen molar-refractivity contribution in [3.05, 3.63) is 52.7 Å². The zero-order chi connectivity index (χ0) is 15.2. The Balaban J connectivity index is 2.08. The smallest absolute Gasteiger partial charge is 0.275 e. The highest BCUT2D eigenvalue weighted by Gasteiger charge is 2.08. The van der Waals surface area contributed by atoms with Crippen LogP contribution < -0.4 is 15.8 Å². The Kier molecular flexibility index (Phi) is 4.71. The lowest BCUT2D eigenvalue weighted by atomic mass is 10.2. The van der Waals surface area contributed by atoms with Crippen LogP contribution in [0.5, 0.6) is 0 Å². The monoisotopic (exact) mass is 286 g/mol. The number of hydrogen-bond acceptors (Lipinski definition) is 4. The Bertz CT molecular complexity index is 640. The van der Waals surface area contributed by atoms with Gasteiger partial charge in [0.2, 0.25) is 0 Å². The number of aromatic nitrogens is 2. The van der Waals surface area contributed by atoms with Crippen LogP contribution in [0.1, 0.15) is 24.3 Å². The van der Waals surface area contributed by atoms with E-state index in [0.717, 1.165) is 25.0 Å². The molecule has 0 bridgehead atoms. The number of H-pyrrole nitrogens is 1. The minimum Gasteiger partial charge on any atom is -0.372 e. The van der Waals surface area contributed by atoms with E-state index in [1.807, 2.05) is 24.3 Å². The van der Waals surface area contributed by atoms with Crippen LogP contribution in [0.3, 0.4) is 0 Å². The average molecular weight is 286 g/mol. The fourth-order valence-electron chi connectivity index (χ4n) is 2.01.